The van der Waals surface area contributed by atoms with Crippen molar-refractivity contribution in [2.24, 2.45) is 0 Å². The third-order valence-corrected chi connectivity index (χ3v) is 5.27. The molecule has 0 aliphatic rings. The molecule has 0 saturated heterocycles. The molecule has 0 aliphatic carbocycles. The Morgan fingerprint density at radius 3 is 2.70 bits per heavy atom. The summed E-state index contributed by atoms with van der Waals surface area (Å²) in [5, 5.41) is 4.80. The van der Waals surface area contributed by atoms with Crippen LogP contribution in [0.4, 0.5) is 10.3 Å². The number of ether oxygens (including phenoxy) is 1. The van der Waals surface area contributed by atoms with E-state index in [0.29, 0.717) is 16.8 Å². The summed E-state index contributed by atoms with van der Waals surface area (Å²) in [6.45, 7) is 3.15. The second-order valence-electron chi connectivity index (χ2n) is 5.40. The Morgan fingerprint density at radius 2 is 2.00 bits per heavy atom. The predicted molar refractivity (Wildman–Crippen MR) is 104 cm³/mol. The highest BCUT2D eigenvalue weighted by atomic mass is 32.1. The first-order valence-corrected chi connectivity index (χ1v) is 9.73. The van der Waals surface area contributed by atoms with E-state index in [4.69, 9.17) is 4.74 Å². The zero-order valence-electron chi connectivity index (χ0n) is 14.6. The summed E-state index contributed by atoms with van der Waals surface area (Å²) in [6.07, 6.45) is 0. The van der Waals surface area contributed by atoms with Crippen LogP contribution in [0.1, 0.15) is 24.3 Å². The van der Waals surface area contributed by atoms with Gasteiger partial charge in [0.2, 0.25) is 5.91 Å². The molecule has 0 unspecified atom stereocenters. The topological polar surface area (TPSA) is 101 Å². The van der Waals surface area contributed by atoms with Crippen molar-refractivity contribution in [2.45, 2.75) is 13.8 Å². The van der Waals surface area contributed by atoms with E-state index in [1.54, 1.807) is 0 Å². The molecule has 3 aromatic rings. The maximum absolute atomic E-state index is 12.5. The number of carbonyl (C=O) groups excluding carboxylic acids is 3. The highest BCUT2D eigenvalue weighted by molar-refractivity contribution is 7.22. The Kier molecular flexibility index (Phi) is 5.77. The van der Waals surface area contributed by atoms with E-state index in [1.165, 1.54) is 28.5 Å². The van der Waals surface area contributed by atoms with Crippen LogP contribution in [0, 0.1) is 0 Å². The number of likely N-dealkylation sites (N-methyl/N-ethyl adjacent to an activating group) is 1. The first-order valence-electron chi connectivity index (χ1n) is 8.04. The van der Waals surface area contributed by atoms with E-state index in [0.717, 1.165) is 21.6 Å². The average Bonchev–Trinajstić information content (AvgIpc) is 3.26. The lowest BCUT2D eigenvalue weighted by atomic mass is 10.3. The van der Waals surface area contributed by atoms with Crippen LogP contribution in [-0.4, -0.2) is 40.9 Å². The summed E-state index contributed by atoms with van der Waals surface area (Å²) in [7, 11) is 0. The van der Waals surface area contributed by atoms with Crippen LogP contribution >= 0.6 is 22.7 Å². The fraction of sp³-hybridized carbons (Fsp3) is 0.235. The summed E-state index contributed by atoms with van der Waals surface area (Å²) in [5.74, 6) is -1.38. The number of anilines is 2. The Balaban J connectivity index is 1.63. The number of hydrogen-bond acceptors (Lipinski definition) is 8. The number of nitrogens with zero attached hydrogens (tertiary/aromatic N) is 3. The maximum Gasteiger partial charge on any atom is 0.358 e. The van der Waals surface area contributed by atoms with E-state index in [1.807, 2.05) is 31.2 Å². The lowest BCUT2D eigenvalue weighted by Gasteiger charge is -2.17. The van der Waals surface area contributed by atoms with Gasteiger partial charge in [-0.05, 0) is 19.1 Å². The van der Waals surface area contributed by atoms with Gasteiger partial charge in [-0.3, -0.25) is 14.5 Å². The zero-order valence-corrected chi connectivity index (χ0v) is 16.2. The monoisotopic (exact) mass is 404 g/mol. The number of fused-ring (bicyclic) bond motifs is 1. The van der Waals surface area contributed by atoms with Gasteiger partial charge in [0.15, 0.2) is 22.6 Å². The van der Waals surface area contributed by atoms with Gasteiger partial charge in [-0.1, -0.05) is 23.5 Å². The molecule has 2 heterocycles. The summed E-state index contributed by atoms with van der Waals surface area (Å²) in [4.78, 5) is 45.4. The van der Waals surface area contributed by atoms with Gasteiger partial charge in [0, 0.05) is 18.8 Å². The molecule has 140 valence electrons. The van der Waals surface area contributed by atoms with Gasteiger partial charge in [-0.2, -0.15) is 0 Å². The van der Waals surface area contributed by atoms with E-state index in [2.05, 4.69) is 15.3 Å². The summed E-state index contributed by atoms with van der Waals surface area (Å²) in [5.41, 5.74) is 0.855. The van der Waals surface area contributed by atoms with Gasteiger partial charge >= 0.3 is 5.97 Å². The fourth-order valence-corrected chi connectivity index (χ4v) is 4.02. The Morgan fingerprint density at radius 1 is 1.22 bits per heavy atom. The van der Waals surface area contributed by atoms with Crippen molar-refractivity contribution in [3.63, 3.8) is 0 Å². The molecule has 10 heteroatoms. The van der Waals surface area contributed by atoms with Gasteiger partial charge in [-0.25, -0.2) is 14.8 Å². The molecule has 2 aromatic heterocycles. The van der Waals surface area contributed by atoms with E-state index < -0.39 is 12.6 Å². The molecule has 0 fully saturated rings. The van der Waals surface area contributed by atoms with E-state index in [-0.39, 0.29) is 17.5 Å². The van der Waals surface area contributed by atoms with Gasteiger partial charge in [0.1, 0.15) is 0 Å². The summed E-state index contributed by atoms with van der Waals surface area (Å²) in [6, 6.07) is 7.61. The van der Waals surface area contributed by atoms with Gasteiger partial charge in [0.25, 0.3) is 5.91 Å². The van der Waals surface area contributed by atoms with Crippen LogP contribution in [-0.2, 0) is 14.3 Å². The molecule has 0 atom stereocenters. The highest BCUT2D eigenvalue weighted by Gasteiger charge is 2.21. The zero-order chi connectivity index (χ0) is 19.4. The Labute approximate surface area is 162 Å². The van der Waals surface area contributed by atoms with Crippen LogP contribution in [0.5, 0.6) is 0 Å². The van der Waals surface area contributed by atoms with E-state index in [9.17, 15) is 14.4 Å². The molecule has 0 spiro atoms. The molecule has 2 amide bonds. The first kappa shape index (κ1) is 18.9. The van der Waals surface area contributed by atoms with E-state index >= 15 is 0 Å². The molecule has 0 saturated carbocycles. The third-order valence-electron chi connectivity index (χ3n) is 3.45. The Bertz CT molecular complexity index is 965. The van der Waals surface area contributed by atoms with Crippen molar-refractivity contribution < 1.29 is 19.1 Å². The largest absolute Gasteiger partial charge is 0.451 e. The molecular weight excluding hydrogens is 388 g/mol. The lowest BCUT2D eigenvalue weighted by molar-refractivity contribution is -0.121. The quantitative estimate of drug-likeness (QED) is 0.634. The number of carbonyl (C=O) groups is 3. The molecular formula is C17H16N4O4S2. The number of amides is 2. The number of rotatable bonds is 6. The van der Waals surface area contributed by atoms with Crippen molar-refractivity contribution in [1.29, 1.82) is 0 Å². The SMILES string of the molecule is CCN(C(=O)COC(=O)c1csc(NC(C)=O)n1)c1nc2ccccc2s1. The van der Waals surface area contributed by atoms with Crippen molar-refractivity contribution in [3.05, 3.63) is 35.3 Å². The van der Waals surface area contributed by atoms with Crippen molar-refractivity contribution in [2.75, 3.05) is 23.4 Å². The smallest absolute Gasteiger partial charge is 0.358 e. The van der Waals surface area contributed by atoms with Gasteiger partial charge in [-0.15, -0.1) is 11.3 Å². The van der Waals surface area contributed by atoms with Crippen molar-refractivity contribution in [3.8, 4) is 0 Å². The average molecular weight is 404 g/mol. The molecule has 1 aromatic carbocycles. The molecule has 3 rings (SSSR count). The van der Waals surface area contributed by atoms with Gasteiger partial charge in [0.05, 0.1) is 10.2 Å². The second kappa shape index (κ2) is 8.23. The van der Waals surface area contributed by atoms with Crippen LogP contribution in [0.25, 0.3) is 10.2 Å². The minimum atomic E-state index is -0.725. The third kappa shape index (κ3) is 4.47. The highest BCUT2D eigenvalue weighted by Crippen LogP contribution is 2.28. The number of para-hydroxylation sites is 1. The first-order chi connectivity index (χ1) is 13.0. The van der Waals surface area contributed by atoms with Crippen LogP contribution in [0.2, 0.25) is 0 Å². The Hall–Kier alpha value is -2.85. The van der Waals surface area contributed by atoms with Crippen molar-refractivity contribution in [1.82, 2.24) is 9.97 Å². The van der Waals surface area contributed by atoms with Gasteiger partial charge < -0.3 is 10.1 Å². The van der Waals surface area contributed by atoms with Crippen molar-refractivity contribution >= 4 is 60.9 Å². The molecule has 1 N–H and O–H groups in total. The fourth-order valence-electron chi connectivity index (χ4n) is 2.25. The number of aromatic nitrogens is 2. The standard InChI is InChI=1S/C17H16N4O4S2/c1-3-21(17-20-11-6-4-5-7-13(11)27-17)14(23)8-25-15(24)12-9-26-16(19-12)18-10(2)22/h4-7,9H,3,8H2,1-2H3,(H,18,19,22). The number of esters is 1. The van der Waals surface area contributed by atoms with Crippen LogP contribution in [0.15, 0.2) is 29.6 Å². The second-order valence-corrected chi connectivity index (χ2v) is 7.26. The number of nitrogens with one attached hydrogen (secondary N) is 1. The number of benzene rings is 1. The predicted octanol–water partition coefficient (Wildman–Crippen LogP) is 2.92. The van der Waals surface area contributed by atoms with Crippen LogP contribution in [0.3, 0.4) is 0 Å². The molecule has 0 aliphatic heterocycles. The normalized spacial score (nSPS) is 10.6. The number of thiazole rings is 2. The summed E-state index contributed by atoms with van der Waals surface area (Å²) >= 11 is 2.50. The maximum atomic E-state index is 12.5. The molecule has 27 heavy (non-hydrogen) atoms. The minimum Gasteiger partial charge on any atom is -0.451 e. The molecule has 8 nitrogen and oxygen atoms in total. The molecule has 0 radical (unpaired) electrons. The number of hydrogen-bond donors (Lipinski definition) is 1. The lowest BCUT2D eigenvalue weighted by Crippen LogP contribution is -2.34. The summed E-state index contributed by atoms with van der Waals surface area (Å²) < 4.78 is 6.04. The minimum absolute atomic E-state index is 0.0413. The van der Waals surface area contributed by atoms with Crippen LogP contribution < -0.4 is 10.2 Å². The molecule has 0 bridgehead atoms.